The van der Waals surface area contributed by atoms with Gasteiger partial charge in [0.15, 0.2) is 0 Å². The van der Waals surface area contributed by atoms with Crippen molar-refractivity contribution >= 4 is 52.5 Å². The smallest absolute Gasteiger partial charge is 0.343 e. The number of hydrogen-bond acceptors (Lipinski definition) is 6. The normalized spacial score (nSPS) is 17.5. The summed E-state index contributed by atoms with van der Waals surface area (Å²) in [4.78, 5) is 52.9. The molecule has 0 aliphatic carbocycles. The average molecular weight is 485 g/mol. The molecule has 33 heavy (non-hydrogen) atoms. The minimum atomic E-state index is -0.541. The van der Waals surface area contributed by atoms with Gasteiger partial charge < -0.3 is 9.64 Å². The fraction of sp³-hybridized carbons (Fsp3) is 0.250. The van der Waals surface area contributed by atoms with Gasteiger partial charge in [0.05, 0.1) is 10.5 Å². The van der Waals surface area contributed by atoms with E-state index in [0.717, 1.165) is 35.9 Å². The fourth-order valence-corrected chi connectivity index (χ4v) is 4.55. The van der Waals surface area contributed by atoms with E-state index in [9.17, 15) is 19.2 Å². The van der Waals surface area contributed by atoms with E-state index >= 15 is 0 Å². The third-order valence-electron chi connectivity index (χ3n) is 5.32. The Kier molecular flexibility index (Phi) is 7.15. The summed E-state index contributed by atoms with van der Waals surface area (Å²) in [7, 11) is 0. The Morgan fingerprint density at radius 1 is 1.03 bits per heavy atom. The van der Waals surface area contributed by atoms with Crippen molar-refractivity contribution in [3.05, 3.63) is 69.6 Å². The van der Waals surface area contributed by atoms with E-state index < -0.39 is 17.1 Å². The molecular weight excluding hydrogens is 464 g/mol. The maximum absolute atomic E-state index is 12.8. The molecule has 2 heterocycles. The molecule has 0 radical (unpaired) electrons. The van der Waals surface area contributed by atoms with Gasteiger partial charge in [-0.25, -0.2) is 4.79 Å². The maximum Gasteiger partial charge on any atom is 0.343 e. The van der Waals surface area contributed by atoms with Crippen LogP contribution in [0.3, 0.4) is 0 Å². The van der Waals surface area contributed by atoms with Gasteiger partial charge in [0.25, 0.3) is 11.1 Å². The predicted molar refractivity (Wildman–Crippen MR) is 126 cm³/mol. The second-order valence-electron chi connectivity index (χ2n) is 7.68. The van der Waals surface area contributed by atoms with Crippen molar-refractivity contribution in [2.75, 3.05) is 19.6 Å². The highest BCUT2D eigenvalue weighted by Crippen LogP contribution is 2.32. The lowest BCUT2D eigenvalue weighted by Crippen LogP contribution is -2.44. The summed E-state index contributed by atoms with van der Waals surface area (Å²) in [5.74, 6) is -0.961. The molecule has 170 valence electrons. The van der Waals surface area contributed by atoms with Crippen LogP contribution in [0.5, 0.6) is 5.75 Å². The highest BCUT2D eigenvalue weighted by atomic mass is 35.5. The largest absolute Gasteiger partial charge is 0.423 e. The molecule has 2 aliphatic heterocycles. The molecule has 2 saturated heterocycles. The lowest BCUT2D eigenvalue weighted by molar-refractivity contribution is -0.136. The molecule has 7 nitrogen and oxygen atoms in total. The summed E-state index contributed by atoms with van der Waals surface area (Å²) in [6, 6.07) is 13.0. The summed E-state index contributed by atoms with van der Waals surface area (Å²) in [5.41, 5.74) is 0.938. The van der Waals surface area contributed by atoms with Crippen LogP contribution in [-0.2, 0) is 9.59 Å². The van der Waals surface area contributed by atoms with E-state index in [1.54, 1.807) is 59.5 Å². The van der Waals surface area contributed by atoms with Crippen LogP contribution < -0.4 is 4.74 Å². The van der Waals surface area contributed by atoms with Gasteiger partial charge in [0, 0.05) is 18.1 Å². The van der Waals surface area contributed by atoms with E-state index in [2.05, 4.69) is 0 Å². The molecular formula is C24H21ClN2O5S. The Labute approximate surface area is 200 Å². The highest BCUT2D eigenvalue weighted by Gasteiger charge is 2.37. The second kappa shape index (κ2) is 10.2. The lowest BCUT2D eigenvalue weighted by atomic mass is 10.1. The number of hydrogen-bond donors (Lipinski definition) is 0. The van der Waals surface area contributed by atoms with Crippen molar-refractivity contribution in [1.29, 1.82) is 0 Å². The molecule has 2 aromatic carbocycles. The van der Waals surface area contributed by atoms with Crippen molar-refractivity contribution in [3.8, 4) is 5.75 Å². The van der Waals surface area contributed by atoms with Crippen molar-refractivity contribution in [2.45, 2.75) is 19.3 Å². The van der Waals surface area contributed by atoms with E-state index in [-0.39, 0.29) is 17.4 Å². The molecule has 4 rings (SSSR count). The van der Waals surface area contributed by atoms with E-state index in [0.29, 0.717) is 35.0 Å². The zero-order valence-corrected chi connectivity index (χ0v) is 19.2. The molecule has 9 heteroatoms. The van der Waals surface area contributed by atoms with E-state index in [1.807, 2.05) is 0 Å². The third-order valence-corrected chi connectivity index (χ3v) is 6.48. The zero-order valence-electron chi connectivity index (χ0n) is 17.7. The summed E-state index contributed by atoms with van der Waals surface area (Å²) < 4.78 is 5.40. The number of imide groups is 1. The summed E-state index contributed by atoms with van der Waals surface area (Å²) >= 11 is 6.63. The predicted octanol–water partition coefficient (Wildman–Crippen LogP) is 4.61. The van der Waals surface area contributed by atoms with E-state index in [1.165, 1.54) is 0 Å². The number of esters is 1. The van der Waals surface area contributed by atoms with Crippen LogP contribution in [-0.4, -0.2) is 52.5 Å². The van der Waals surface area contributed by atoms with Gasteiger partial charge in [-0.15, -0.1) is 0 Å². The minimum absolute atomic E-state index is 0.214. The first-order valence-corrected chi connectivity index (χ1v) is 11.7. The Morgan fingerprint density at radius 3 is 2.48 bits per heavy atom. The van der Waals surface area contributed by atoms with Crippen LogP contribution in [0.15, 0.2) is 53.4 Å². The first-order valence-electron chi connectivity index (χ1n) is 10.5. The fourth-order valence-electron chi connectivity index (χ4n) is 3.59. The molecule has 0 saturated carbocycles. The summed E-state index contributed by atoms with van der Waals surface area (Å²) in [6.07, 6.45) is 4.51. The molecule has 0 N–H and O–H groups in total. The Bertz CT molecular complexity index is 1130. The highest BCUT2D eigenvalue weighted by molar-refractivity contribution is 8.18. The van der Waals surface area contributed by atoms with Gasteiger partial charge in [-0.2, -0.15) is 0 Å². The number of halogens is 1. The number of benzene rings is 2. The molecule has 2 aromatic rings. The molecule has 3 amide bonds. The number of ether oxygens (including phenoxy) is 1. The van der Waals surface area contributed by atoms with Crippen LogP contribution in [0, 0.1) is 0 Å². The number of nitrogens with zero attached hydrogens (tertiary/aromatic N) is 2. The number of carbonyl (C=O) groups excluding carboxylic acids is 4. The lowest BCUT2D eigenvalue weighted by Gasteiger charge is -2.27. The number of rotatable bonds is 5. The molecule has 0 aromatic heterocycles. The molecule has 2 fully saturated rings. The van der Waals surface area contributed by atoms with Crippen LogP contribution in [0.4, 0.5) is 4.79 Å². The molecule has 0 unspecified atom stereocenters. The van der Waals surface area contributed by atoms with Gasteiger partial charge in [0.1, 0.15) is 12.3 Å². The second-order valence-corrected chi connectivity index (χ2v) is 9.11. The van der Waals surface area contributed by atoms with Crippen molar-refractivity contribution in [1.82, 2.24) is 9.80 Å². The van der Waals surface area contributed by atoms with Gasteiger partial charge >= 0.3 is 5.97 Å². The van der Waals surface area contributed by atoms with Crippen LogP contribution in [0.1, 0.15) is 35.2 Å². The van der Waals surface area contributed by atoms with Crippen molar-refractivity contribution in [2.24, 2.45) is 0 Å². The van der Waals surface area contributed by atoms with Gasteiger partial charge in [0.2, 0.25) is 5.91 Å². The van der Waals surface area contributed by atoms with Crippen LogP contribution in [0.2, 0.25) is 5.02 Å². The Morgan fingerprint density at radius 2 is 1.76 bits per heavy atom. The van der Waals surface area contributed by atoms with Gasteiger partial charge in [-0.1, -0.05) is 23.7 Å². The molecule has 0 spiro atoms. The van der Waals surface area contributed by atoms with Gasteiger partial charge in [-0.3, -0.25) is 19.3 Å². The average Bonchev–Trinajstić information content (AvgIpc) is 3.07. The topological polar surface area (TPSA) is 84.0 Å². The minimum Gasteiger partial charge on any atom is -0.423 e. The molecule has 0 atom stereocenters. The molecule has 0 bridgehead atoms. The third kappa shape index (κ3) is 5.64. The number of likely N-dealkylation sites (tertiary alicyclic amines) is 1. The van der Waals surface area contributed by atoms with E-state index in [4.69, 9.17) is 16.3 Å². The maximum atomic E-state index is 12.8. The standard InChI is InChI=1S/C24H21ClN2O5S/c25-18-9-7-17(8-10-18)23(30)32-19-6-4-5-16(13-19)14-20-22(29)27(24(31)33-20)15-21(28)26-11-2-1-3-12-26/h4-10,13-14H,1-3,11-12,15H2/b20-14-. The number of piperidine rings is 1. The first kappa shape index (κ1) is 23.1. The SMILES string of the molecule is O=C(Oc1cccc(/C=C2\SC(=O)N(CC(=O)N3CCCCC3)C2=O)c1)c1ccc(Cl)cc1. The van der Waals surface area contributed by atoms with Crippen molar-refractivity contribution < 1.29 is 23.9 Å². The first-order chi connectivity index (χ1) is 15.9. The van der Waals surface area contributed by atoms with Gasteiger partial charge in [-0.05, 0) is 79.1 Å². The molecule has 2 aliphatic rings. The Hall–Kier alpha value is -3.10. The van der Waals surface area contributed by atoms with Crippen LogP contribution >= 0.6 is 23.4 Å². The van der Waals surface area contributed by atoms with Crippen molar-refractivity contribution in [3.63, 3.8) is 0 Å². The zero-order chi connectivity index (χ0) is 23.4. The monoisotopic (exact) mass is 484 g/mol. The Balaban J connectivity index is 1.43. The number of amides is 3. The summed E-state index contributed by atoms with van der Waals surface area (Å²) in [6.45, 7) is 1.07. The number of thioether (sulfide) groups is 1. The summed E-state index contributed by atoms with van der Waals surface area (Å²) in [5, 5.41) is 0.0436. The number of carbonyl (C=O) groups is 4. The van der Waals surface area contributed by atoms with Crippen LogP contribution in [0.25, 0.3) is 6.08 Å². The quantitative estimate of drug-likeness (QED) is 0.350.